The van der Waals surface area contributed by atoms with Gasteiger partial charge in [-0.15, -0.1) is 0 Å². The molecule has 80 valence electrons. The summed E-state index contributed by atoms with van der Waals surface area (Å²) in [6.45, 7) is 1.77. The van der Waals surface area contributed by atoms with Crippen LogP contribution in [0.4, 0.5) is 0 Å². The Morgan fingerprint density at radius 3 is 2.93 bits per heavy atom. The first-order chi connectivity index (χ1) is 6.70. The number of aliphatic carboxylic acids is 1. The molecule has 0 aromatic heterocycles. The molecule has 1 heterocycles. The first kappa shape index (κ1) is 10.9. The normalized spacial score (nSPS) is 21.6. The number of carbonyl (C=O) groups is 2. The molecule has 0 spiro atoms. The number of rotatable bonds is 4. The molecular weight excluding hydrogens is 188 g/mol. The number of amides is 1. The lowest BCUT2D eigenvalue weighted by atomic mass is 10.2. The van der Waals surface area contributed by atoms with Crippen LogP contribution in [0.2, 0.25) is 0 Å². The predicted molar refractivity (Wildman–Crippen MR) is 47.9 cm³/mol. The minimum absolute atomic E-state index is 0.0562. The van der Waals surface area contributed by atoms with Crippen LogP contribution in [0.1, 0.15) is 6.42 Å². The highest BCUT2D eigenvalue weighted by Crippen LogP contribution is 1.92. The quantitative estimate of drug-likeness (QED) is 0.520. The summed E-state index contributed by atoms with van der Waals surface area (Å²) in [4.78, 5) is 21.5. The molecule has 6 nitrogen and oxygen atoms in total. The number of carbonyl (C=O) groups excluding carboxylic acids is 1. The summed E-state index contributed by atoms with van der Waals surface area (Å²) in [5, 5.41) is 13.8. The van der Waals surface area contributed by atoms with Gasteiger partial charge in [-0.2, -0.15) is 0 Å². The molecule has 14 heavy (non-hydrogen) atoms. The molecule has 1 saturated heterocycles. The minimum Gasteiger partial charge on any atom is -0.481 e. The second-order valence-electron chi connectivity index (χ2n) is 3.02. The Kier molecular flexibility index (Phi) is 4.34. The van der Waals surface area contributed by atoms with E-state index in [2.05, 4.69) is 10.6 Å². The number of carboxylic acids is 1. The van der Waals surface area contributed by atoms with E-state index >= 15 is 0 Å². The van der Waals surface area contributed by atoms with E-state index in [0.29, 0.717) is 19.8 Å². The lowest BCUT2D eigenvalue weighted by molar-refractivity contribution is -0.137. The third kappa shape index (κ3) is 3.71. The van der Waals surface area contributed by atoms with Crippen molar-refractivity contribution in [3.8, 4) is 0 Å². The standard InChI is InChI=1S/C8H14N2O4/c11-7(12)1-2-10-8(13)6-5-14-4-3-9-6/h6,9H,1-5H2,(H,10,13)(H,11,12). The van der Waals surface area contributed by atoms with Crippen molar-refractivity contribution >= 4 is 11.9 Å². The van der Waals surface area contributed by atoms with E-state index in [1.807, 2.05) is 0 Å². The van der Waals surface area contributed by atoms with E-state index in [-0.39, 0.29) is 24.9 Å². The first-order valence-electron chi connectivity index (χ1n) is 4.51. The molecule has 1 amide bonds. The lowest BCUT2D eigenvalue weighted by Crippen LogP contribution is -2.51. The summed E-state index contributed by atoms with van der Waals surface area (Å²) in [5.74, 6) is -1.12. The zero-order valence-corrected chi connectivity index (χ0v) is 7.78. The fraction of sp³-hybridized carbons (Fsp3) is 0.750. The van der Waals surface area contributed by atoms with Gasteiger partial charge in [0.2, 0.25) is 5.91 Å². The summed E-state index contributed by atoms with van der Waals surface area (Å²) in [5.41, 5.74) is 0. The van der Waals surface area contributed by atoms with Crippen molar-refractivity contribution in [3.63, 3.8) is 0 Å². The van der Waals surface area contributed by atoms with E-state index in [9.17, 15) is 9.59 Å². The van der Waals surface area contributed by atoms with E-state index in [0.717, 1.165) is 0 Å². The van der Waals surface area contributed by atoms with Crippen LogP contribution in [0.3, 0.4) is 0 Å². The summed E-state index contributed by atoms with van der Waals surface area (Å²) in [6, 6.07) is -0.349. The van der Waals surface area contributed by atoms with Gasteiger partial charge in [-0.3, -0.25) is 9.59 Å². The topological polar surface area (TPSA) is 87.7 Å². The second kappa shape index (κ2) is 5.56. The molecule has 1 unspecified atom stereocenters. The Balaban J connectivity index is 2.16. The molecule has 1 atom stereocenters. The Labute approximate surface area is 81.6 Å². The van der Waals surface area contributed by atoms with Gasteiger partial charge < -0.3 is 20.5 Å². The van der Waals surface area contributed by atoms with Crippen molar-refractivity contribution in [2.75, 3.05) is 26.3 Å². The Morgan fingerprint density at radius 1 is 1.57 bits per heavy atom. The Bertz CT molecular complexity index is 213. The number of ether oxygens (including phenoxy) is 1. The van der Waals surface area contributed by atoms with Gasteiger partial charge in [0.25, 0.3) is 0 Å². The van der Waals surface area contributed by atoms with Gasteiger partial charge >= 0.3 is 5.97 Å². The van der Waals surface area contributed by atoms with Crippen molar-refractivity contribution in [3.05, 3.63) is 0 Å². The predicted octanol–water partition coefficient (Wildman–Crippen LogP) is -1.43. The van der Waals surface area contributed by atoms with Gasteiger partial charge in [-0.1, -0.05) is 0 Å². The first-order valence-corrected chi connectivity index (χ1v) is 4.51. The lowest BCUT2D eigenvalue weighted by Gasteiger charge is -2.22. The molecule has 1 fully saturated rings. The summed E-state index contributed by atoms with van der Waals surface area (Å²) in [6.07, 6.45) is -0.0562. The average molecular weight is 202 g/mol. The zero-order valence-electron chi connectivity index (χ0n) is 7.78. The molecule has 1 aliphatic rings. The highest BCUT2D eigenvalue weighted by atomic mass is 16.5. The molecule has 0 aliphatic carbocycles. The molecular formula is C8H14N2O4. The van der Waals surface area contributed by atoms with E-state index < -0.39 is 5.97 Å². The minimum atomic E-state index is -0.918. The van der Waals surface area contributed by atoms with Gasteiger partial charge in [0.15, 0.2) is 0 Å². The van der Waals surface area contributed by atoms with Crippen LogP contribution in [0.5, 0.6) is 0 Å². The summed E-state index contributed by atoms with van der Waals surface area (Å²) < 4.78 is 5.09. The molecule has 3 N–H and O–H groups in total. The fourth-order valence-corrected chi connectivity index (χ4v) is 1.15. The number of carboxylic acid groups (broad SMARTS) is 1. The average Bonchev–Trinajstić information content (AvgIpc) is 2.18. The van der Waals surface area contributed by atoms with Gasteiger partial charge in [0.1, 0.15) is 6.04 Å². The van der Waals surface area contributed by atoms with Crippen molar-refractivity contribution in [2.45, 2.75) is 12.5 Å². The fourth-order valence-electron chi connectivity index (χ4n) is 1.15. The van der Waals surface area contributed by atoms with Gasteiger partial charge in [0.05, 0.1) is 19.6 Å². The van der Waals surface area contributed by atoms with Crippen LogP contribution in [0.15, 0.2) is 0 Å². The maximum Gasteiger partial charge on any atom is 0.305 e. The largest absolute Gasteiger partial charge is 0.481 e. The second-order valence-corrected chi connectivity index (χ2v) is 3.02. The molecule has 1 rings (SSSR count). The van der Waals surface area contributed by atoms with Crippen molar-refractivity contribution in [1.29, 1.82) is 0 Å². The van der Waals surface area contributed by atoms with Crippen LogP contribution in [-0.2, 0) is 14.3 Å². The molecule has 0 aromatic rings. The number of hydrogen-bond acceptors (Lipinski definition) is 4. The van der Waals surface area contributed by atoms with E-state index in [1.54, 1.807) is 0 Å². The summed E-state index contributed by atoms with van der Waals surface area (Å²) in [7, 11) is 0. The zero-order chi connectivity index (χ0) is 10.4. The molecule has 0 bridgehead atoms. The highest BCUT2D eigenvalue weighted by molar-refractivity contribution is 5.82. The maximum atomic E-state index is 11.3. The molecule has 0 radical (unpaired) electrons. The van der Waals surface area contributed by atoms with Crippen LogP contribution in [0, 0.1) is 0 Å². The third-order valence-corrected chi connectivity index (χ3v) is 1.88. The summed E-state index contributed by atoms with van der Waals surface area (Å²) >= 11 is 0. The smallest absolute Gasteiger partial charge is 0.305 e. The number of hydrogen-bond donors (Lipinski definition) is 3. The van der Waals surface area contributed by atoms with Crippen LogP contribution in [-0.4, -0.2) is 49.3 Å². The number of morpholine rings is 1. The van der Waals surface area contributed by atoms with Crippen molar-refractivity contribution < 1.29 is 19.4 Å². The SMILES string of the molecule is O=C(O)CCNC(=O)C1COCCN1. The molecule has 1 aliphatic heterocycles. The number of nitrogens with one attached hydrogen (secondary N) is 2. The maximum absolute atomic E-state index is 11.3. The third-order valence-electron chi connectivity index (χ3n) is 1.88. The molecule has 6 heteroatoms. The van der Waals surface area contributed by atoms with Crippen LogP contribution in [0.25, 0.3) is 0 Å². The van der Waals surface area contributed by atoms with Crippen molar-refractivity contribution in [1.82, 2.24) is 10.6 Å². The van der Waals surface area contributed by atoms with Crippen LogP contribution >= 0.6 is 0 Å². The monoisotopic (exact) mass is 202 g/mol. The van der Waals surface area contributed by atoms with Crippen molar-refractivity contribution in [2.24, 2.45) is 0 Å². The molecule has 0 aromatic carbocycles. The van der Waals surface area contributed by atoms with Gasteiger partial charge in [-0.25, -0.2) is 0 Å². The Morgan fingerprint density at radius 2 is 2.36 bits per heavy atom. The Hall–Kier alpha value is -1.14. The van der Waals surface area contributed by atoms with E-state index in [1.165, 1.54) is 0 Å². The van der Waals surface area contributed by atoms with Gasteiger partial charge in [-0.05, 0) is 0 Å². The molecule has 0 saturated carbocycles. The van der Waals surface area contributed by atoms with Crippen LogP contribution < -0.4 is 10.6 Å². The highest BCUT2D eigenvalue weighted by Gasteiger charge is 2.20. The van der Waals surface area contributed by atoms with Gasteiger partial charge in [0, 0.05) is 13.1 Å². The van der Waals surface area contributed by atoms with E-state index in [4.69, 9.17) is 9.84 Å².